The molecule has 100 valence electrons. The molecule has 0 aliphatic heterocycles. The first-order valence-corrected chi connectivity index (χ1v) is 8.10. The number of carbonyl (C=O) groups excluding carboxylic acids is 1. The molecule has 0 heterocycles. The van der Waals surface area contributed by atoms with Crippen molar-refractivity contribution in [3.8, 4) is 0 Å². The fourth-order valence-electron chi connectivity index (χ4n) is 1.26. The molecule has 3 nitrogen and oxygen atoms in total. The Balaban J connectivity index is 2.02. The second-order valence-electron chi connectivity index (χ2n) is 4.00. The summed E-state index contributed by atoms with van der Waals surface area (Å²) in [7, 11) is 0. The number of amides is 1. The monoisotopic (exact) mass is 284 g/mol. The van der Waals surface area contributed by atoms with Gasteiger partial charge in [-0.3, -0.25) is 4.79 Å². The van der Waals surface area contributed by atoms with Gasteiger partial charge in [-0.05, 0) is 19.1 Å². The van der Waals surface area contributed by atoms with E-state index in [1.54, 1.807) is 23.5 Å². The summed E-state index contributed by atoms with van der Waals surface area (Å²) in [5.41, 5.74) is 5.61. The standard InChI is InChI=1S/C13H20N2OS2/c1-11(14)9-17-10-13(16)15-7-8-18-12-5-3-2-4-6-12/h2-6,11H,7-10,14H2,1H3,(H,15,16). The van der Waals surface area contributed by atoms with Crippen molar-refractivity contribution in [1.82, 2.24) is 5.32 Å². The summed E-state index contributed by atoms with van der Waals surface area (Å²) < 4.78 is 0. The van der Waals surface area contributed by atoms with E-state index in [9.17, 15) is 4.79 Å². The fraction of sp³-hybridized carbons (Fsp3) is 0.462. The van der Waals surface area contributed by atoms with Crippen molar-refractivity contribution < 1.29 is 4.79 Å². The highest BCUT2D eigenvalue weighted by Gasteiger charge is 2.02. The summed E-state index contributed by atoms with van der Waals surface area (Å²) in [5.74, 6) is 2.31. The van der Waals surface area contributed by atoms with E-state index in [1.165, 1.54) is 4.90 Å². The number of hydrogen-bond acceptors (Lipinski definition) is 4. The number of rotatable bonds is 8. The van der Waals surface area contributed by atoms with Gasteiger partial charge >= 0.3 is 0 Å². The molecule has 0 aliphatic rings. The van der Waals surface area contributed by atoms with Crippen LogP contribution < -0.4 is 11.1 Å². The first kappa shape index (κ1) is 15.4. The Morgan fingerprint density at radius 2 is 2.11 bits per heavy atom. The van der Waals surface area contributed by atoms with Crippen LogP contribution in [0.2, 0.25) is 0 Å². The summed E-state index contributed by atoms with van der Waals surface area (Å²) in [4.78, 5) is 12.7. The molecule has 3 N–H and O–H groups in total. The lowest BCUT2D eigenvalue weighted by atomic mass is 10.4. The Bertz CT molecular complexity index is 344. The van der Waals surface area contributed by atoms with Gasteiger partial charge in [0.1, 0.15) is 0 Å². The van der Waals surface area contributed by atoms with E-state index in [1.807, 2.05) is 25.1 Å². The lowest BCUT2D eigenvalue weighted by Gasteiger charge is -2.06. The molecule has 0 aromatic heterocycles. The summed E-state index contributed by atoms with van der Waals surface area (Å²) in [6, 6.07) is 10.3. The van der Waals surface area contributed by atoms with Crippen molar-refractivity contribution in [2.75, 3.05) is 23.8 Å². The van der Waals surface area contributed by atoms with Crippen LogP contribution in [0.4, 0.5) is 0 Å². The molecule has 1 atom stereocenters. The van der Waals surface area contributed by atoms with Crippen molar-refractivity contribution in [2.24, 2.45) is 5.73 Å². The van der Waals surface area contributed by atoms with E-state index in [0.717, 1.165) is 11.5 Å². The second kappa shape index (κ2) is 9.30. The van der Waals surface area contributed by atoms with Crippen molar-refractivity contribution in [3.05, 3.63) is 30.3 Å². The van der Waals surface area contributed by atoms with Crippen molar-refractivity contribution in [2.45, 2.75) is 17.9 Å². The van der Waals surface area contributed by atoms with Gasteiger partial charge in [-0.1, -0.05) is 18.2 Å². The maximum absolute atomic E-state index is 11.5. The Kier molecular flexibility index (Phi) is 7.96. The maximum Gasteiger partial charge on any atom is 0.230 e. The molecule has 0 bridgehead atoms. The number of benzene rings is 1. The van der Waals surface area contributed by atoms with Crippen molar-refractivity contribution in [1.29, 1.82) is 0 Å². The van der Waals surface area contributed by atoms with Crippen LogP contribution in [0.25, 0.3) is 0 Å². The fourth-order valence-corrected chi connectivity index (χ4v) is 2.83. The summed E-state index contributed by atoms with van der Waals surface area (Å²) in [6.07, 6.45) is 0. The van der Waals surface area contributed by atoms with E-state index in [4.69, 9.17) is 5.73 Å². The lowest BCUT2D eigenvalue weighted by molar-refractivity contribution is -0.118. The van der Waals surface area contributed by atoms with Crippen molar-refractivity contribution >= 4 is 29.4 Å². The third-order valence-electron chi connectivity index (χ3n) is 2.05. The average molecular weight is 284 g/mol. The molecule has 5 heteroatoms. The molecular formula is C13H20N2OS2. The van der Waals surface area contributed by atoms with E-state index < -0.39 is 0 Å². The molecule has 1 rings (SSSR count). The summed E-state index contributed by atoms with van der Waals surface area (Å²) >= 11 is 3.33. The predicted molar refractivity (Wildman–Crippen MR) is 81.2 cm³/mol. The van der Waals surface area contributed by atoms with Gasteiger partial charge < -0.3 is 11.1 Å². The number of nitrogens with two attached hydrogens (primary N) is 1. The zero-order valence-electron chi connectivity index (χ0n) is 10.6. The second-order valence-corrected chi connectivity index (χ2v) is 6.20. The minimum atomic E-state index is 0.0920. The molecular weight excluding hydrogens is 264 g/mol. The van der Waals surface area contributed by atoms with Crippen LogP contribution in [0, 0.1) is 0 Å². The van der Waals surface area contributed by atoms with Gasteiger partial charge in [-0.2, -0.15) is 11.8 Å². The Labute approximate surface area is 117 Å². The van der Waals surface area contributed by atoms with Gasteiger partial charge in [0.2, 0.25) is 5.91 Å². The molecule has 0 fully saturated rings. The molecule has 0 aliphatic carbocycles. The molecule has 0 saturated carbocycles. The topological polar surface area (TPSA) is 55.1 Å². The normalized spacial score (nSPS) is 12.1. The van der Waals surface area contributed by atoms with E-state index >= 15 is 0 Å². The molecule has 1 aromatic carbocycles. The first-order chi connectivity index (χ1) is 8.68. The summed E-state index contributed by atoms with van der Waals surface area (Å²) in [5, 5.41) is 2.91. The summed E-state index contributed by atoms with van der Waals surface area (Å²) in [6.45, 7) is 2.65. The average Bonchev–Trinajstić information content (AvgIpc) is 2.35. The van der Waals surface area contributed by atoms with Gasteiger partial charge in [-0.25, -0.2) is 0 Å². The number of hydrogen-bond donors (Lipinski definition) is 2. The van der Waals surface area contributed by atoms with Gasteiger partial charge in [0.25, 0.3) is 0 Å². The van der Waals surface area contributed by atoms with Gasteiger partial charge in [-0.15, -0.1) is 11.8 Å². The van der Waals surface area contributed by atoms with Crippen LogP contribution in [0.5, 0.6) is 0 Å². The third-order valence-corrected chi connectivity index (χ3v) is 4.29. The van der Waals surface area contributed by atoms with Crippen LogP contribution in [-0.4, -0.2) is 35.8 Å². The van der Waals surface area contributed by atoms with Crippen LogP contribution in [0.15, 0.2) is 35.2 Å². The maximum atomic E-state index is 11.5. The molecule has 18 heavy (non-hydrogen) atoms. The Morgan fingerprint density at radius 3 is 2.78 bits per heavy atom. The SMILES string of the molecule is CC(N)CSCC(=O)NCCSc1ccccc1. The highest BCUT2D eigenvalue weighted by atomic mass is 32.2. The van der Waals surface area contributed by atoms with E-state index in [0.29, 0.717) is 12.3 Å². The smallest absolute Gasteiger partial charge is 0.230 e. The number of thioether (sulfide) groups is 2. The lowest BCUT2D eigenvalue weighted by Crippen LogP contribution is -2.28. The highest BCUT2D eigenvalue weighted by molar-refractivity contribution is 8.00. The van der Waals surface area contributed by atoms with E-state index in [2.05, 4.69) is 17.4 Å². The van der Waals surface area contributed by atoms with Crippen molar-refractivity contribution in [3.63, 3.8) is 0 Å². The minimum Gasteiger partial charge on any atom is -0.355 e. The minimum absolute atomic E-state index is 0.0920. The third kappa shape index (κ3) is 7.63. The van der Waals surface area contributed by atoms with Gasteiger partial charge in [0, 0.05) is 29.0 Å². The molecule has 1 aromatic rings. The number of carbonyl (C=O) groups is 1. The largest absolute Gasteiger partial charge is 0.355 e. The Morgan fingerprint density at radius 1 is 1.39 bits per heavy atom. The molecule has 0 saturated heterocycles. The predicted octanol–water partition coefficient (Wildman–Crippen LogP) is 1.98. The van der Waals surface area contributed by atoms with E-state index in [-0.39, 0.29) is 11.9 Å². The molecule has 0 spiro atoms. The van der Waals surface area contributed by atoms with Crippen LogP contribution in [-0.2, 0) is 4.79 Å². The van der Waals surface area contributed by atoms with Gasteiger partial charge in [0.15, 0.2) is 0 Å². The van der Waals surface area contributed by atoms with Crippen LogP contribution >= 0.6 is 23.5 Å². The zero-order valence-corrected chi connectivity index (χ0v) is 12.2. The zero-order chi connectivity index (χ0) is 13.2. The van der Waals surface area contributed by atoms with Gasteiger partial charge in [0.05, 0.1) is 5.75 Å². The Hall–Kier alpha value is -0.650. The molecule has 0 radical (unpaired) electrons. The first-order valence-electron chi connectivity index (χ1n) is 5.96. The number of nitrogens with one attached hydrogen (secondary N) is 1. The quantitative estimate of drug-likeness (QED) is 0.566. The van der Waals surface area contributed by atoms with Crippen LogP contribution in [0.1, 0.15) is 6.92 Å². The van der Waals surface area contributed by atoms with Crippen LogP contribution in [0.3, 0.4) is 0 Å². The highest BCUT2D eigenvalue weighted by Crippen LogP contribution is 2.15. The molecule has 1 unspecified atom stereocenters. The molecule has 1 amide bonds.